The van der Waals surface area contributed by atoms with E-state index in [1.165, 1.54) is 0 Å². The number of nitrogens with zero attached hydrogens (tertiary/aromatic N) is 9. The summed E-state index contributed by atoms with van der Waals surface area (Å²) in [6, 6.07) is 0. The normalized spacial score (nSPS) is 9.28. The first kappa shape index (κ1) is 44.1. The van der Waals surface area contributed by atoms with E-state index in [1.807, 2.05) is 0 Å². The van der Waals surface area contributed by atoms with Gasteiger partial charge in [0.1, 0.15) is 0 Å². The highest BCUT2D eigenvalue weighted by Gasteiger charge is 2.05. The lowest BCUT2D eigenvalue weighted by atomic mass is 10.2. The minimum absolute atomic E-state index is 0.146. The molecular weight excluding hydrogens is 615 g/mol. The predicted molar refractivity (Wildman–Crippen MR) is 159 cm³/mol. The molecule has 0 spiro atoms. The van der Waals surface area contributed by atoms with Gasteiger partial charge in [-0.2, -0.15) is 0 Å². The van der Waals surface area contributed by atoms with E-state index in [1.54, 1.807) is 0 Å². The second-order valence-corrected chi connectivity index (χ2v) is 8.45. The fourth-order valence-electron chi connectivity index (χ4n) is 2.32. The van der Waals surface area contributed by atoms with E-state index in [2.05, 4.69) is 40.7 Å². The monoisotopic (exact) mass is 654 g/mol. The van der Waals surface area contributed by atoms with E-state index < -0.39 is 10.5 Å². The molecule has 0 rings (SSSR count). The van der Waals surface area contributed by atoms with E-state index in [9.17, 15) is 19.2 Å². The molecule has 0 bridgehead atoms. The third kappa shape index (κ3) is 48.7. The van der Waals surface area contributed by atoms with Crippen LogP contribution < -0.4 is 16.4 Å². The van der Waals surface area contributed by atoms with Crippen molar-refractivity contribution in [2.45, 2.75) is 38.5 Å². The van der Waals surface area contributed by atoms with E-state index >= 15 is 0 Å². The Labute approximate surface area is 259 Å². The number of amides is 2. The van der Waals surface area contributed by atoms with Gasteiger partial charge in [0.05, 0.1) is 39.6 Å². The summed E-state index contributed by atoms with van der Waals surface area (Å²) in [4.78, 5) is 50.8. The summed E-state index contributed by atoms with van der Waals surface area (Å²) in [6.07, 6.45) is 1.86. The molecular formula is C22H40Cl2N12O7. The molecule has 0 fully saturated rings. The molecule has 244 valence electrons. The number of carbonyl (C=O) groups is 4. The van der Waals surface area contributed by atoms with Gasteiger partial charge in [0.2, 0.25) is 22.3 Å². The first-order chi connectivity index (χ1) is 20.7. The number of nitrogens with one attached hydrogen (secondary N) is 2. The molecule has 0 heterocycles. The minimum Gasteiger partial charge on any atom is -0.380 e. The average molecular weight is 656 g/mol. The van der Waals surface area contributed by atoms with Crippen LogP contribution in [0.4, 0.5) is 0 Å². The van der Waals surface area contributed by atoms with Crippen molar-refractivity contribution in [1.29, 1.82) is 0 Å². The van der Waals surface area contributed by atoms with E-state index in [4.69, 9.17) is 59.7 Å². The number of ether oxygens (including phenoxy) is 3. The summed E-state index contributed by atoms with van der Waals surface area (Å²) < 4.78 is 15.2. The maximum atomic E-state index is 11.5. The zero-order valence-electron chi connectivity index (χ0n) is 23.9. The summed E-state index contributed by atoms with van der Waals surface area (Å²) in [5.74, 6) is -0.291. The standard InChI is InChI=1S/C13H24N8O4.C5H6Cl2O2.C4H10N4O/c14-20-18-6-10-24-8-4-16-12(22)2-1-3-13(23)17-5-9-25-11-7-19-21-15;6-4(8)2-1-3-5(7)9;5-1-3-9-4-2-7-8-6/h1-11H2,(H,16,22)(H,17,23);1-3H2;1-5H2. The number of carbonyl (C=O) groups excluding carboxylic acids is 4. The number of hydrogen-bond donors (Lipinski definition) is 3. The van der Waals surface area contributed by atoms with Crippen LogP contribution in [0.2, 0.25) is 0 Å². The molecule has 0 aliphatic carbocycles. The van der Waals surface area contributed by atoms with Crippen molar-refractivity contribution in [2.24, 2.45) is 21.1 Å². The van der Waals surface area contributed by atoms with Crippen LogP contribution >= 0.6 is 23.2 Å². The van der Waals surface area contributed by atoms with Crippen molar-refractivity contribution in [2.75, 3.05) is 78.9 Å². The molecule has 4 N–H and O–H groups in total. The van der Waals surface area contributed by atoms with Crippen molar-refractivity contribution in [3.63, 3.8) is 0 Å². The second kappa shape index (κ2) is 38.6. The number of halogens is 2. The molecule has 0 aliphatic heterocycles. The van der Waals surface area contributed by atoms with Crippen molar-refractivity contribution in [3.05, 3.63) is 31.3 Å². The maximum Gasteiger partial charge on any atom is 0.221 e. The van der Waals surface area contributed by atoms with E-state index in [0.29, 0.717) is 78.7 Å². The van der Waals surface area contributed by atoms with Crippen LogP contribution in [0.15, 0.2) is 15.3 Å². The Morgan fingerprint density at radius 1 is 0.605 bits per heavy atom. The van der Waals surface area contributed by atoms with Crippen LogP contribution in [-0.2, 0) is 33.4 Å². The Morgan fingerprint density at radius 2 is 0.953 bits per heavy atom. The highest BCUT2D eigenvalue weighted by Crippen LogP contribution is 2.01. The molecule has 0 radical (unpaired) electrons. The number of hydrogen-bond acceptors (Lipinski definition) is 11. The lowest BCUT2D eigenvalue weighted by Gasteiger charge is -2.07. The average Bonchev–Trinajstić information content (AvgIpc) is 2.96. The van der Waals surface area contributed by atoms with Crippen LogP contribution in [0.3, 0.4) is 0 Å². The molecule has 0 saturated carbocycles. The Morgan fingerprint density at radius 3 is 1.28 bits per heavy atom. The Bertz CT molecular complexity index is 842. The lowest BCUT2D eigenvalue weighted by molar-refractivity contribution is -0.122. The second-order valence-electron chi connectivity index (χ2n) is 7.61. The minimum atomic E-state index is -0.423. The first-order valence-corrected chi connectivity index (χ1v) is 13.9. The quantitative estimate of drug-likeness (QED) is 0.0430. The lowest BCUT2D eigenvalue weighted by Crippen LogP contribution is -2.29. The number of nitrogens with two attached hydrogens (primary N) is 1. The number of azide groups is 3. The maximum absolute atomic E-state index is 11.5. The Kier molecular flexibility index (Phi) is 39.6. The van der Waals surface area contributed by atoms with Gasteiger partial charge < -0.3 is 30.6 Å². The summed E-state index contributed by atoms with van der Waals surface area (Å²) in [6.45, 7) is 4.46. The first-order valence-electron chi connectivity index (χ1n) is 13.1. The molecule has 19 nitrogen and oxygen atoms in total. The smallest absolute Gasteiger partial charge is 0.221 e. The van der Waals surface area contributed by atoms with Gasteiger partial charge in [0.15, 0.2) is 0 Å². The van der Waals surface area contributed by atoms with E-state index in [-0.39, 0.29) is 50.6 Å². The Balaban J connectivity index is -0.000000722. The van der Waals surface area contributed by atoms with Gasteiger partial charge >= 0.3 is 0 Å². The topological polar surface area (TPSA) is 292 Å². The summed E-state index contributed by atoms with van der Waals surface area (Å²) in [5.41, 5.74) is 29.0. The van der Waals surface area contributed by atoms with Gasteiger partial charge in [0, 0.05) is 79.7 Å². The van der Waals surface area contributed by atoms with E-state index in [0.717, 1.165) is 0 Å². The molecule has 0 atom stereocenters. The fourth-order valence-corrected chi connectivity index (χ4v) is 2.58. The van der Waals surface area contributed by atoms with Gasteiger partial charge in [-0.25, -0.2) is 0 Å². The molecule has 43 heavy (non-hydrogen) atoms. The molecule has 21 heteroatoms. The third-order valence-electron chi connectivity index (χ3n) is 4.15. The molecule has 0 unspecified atom stereocenters. The van der Waals surface area contributed by atoms with Gasteiger partial charge in [-0.3, -0.25) is 19.2 Å². The number of rotatable bonds is 25. The highest BCUT2D eigenvalue weighted by atomic mass is 35.5. The van der Waals surface area contributed by atoms with Gasteiger partial charge in [0.25, 0.3) is 0 Å². The molecule has 2 amide bonds. The Hall–Kier alpha value is -3.37. The summed E-state index contributed by atoms with van der Waals surface area (Å²) in [7, 11) is 0. The van der Waals surface area contributed by atoms with Crippen molar-refractivity contribution in [1.82, 2.24) is 10.6 Å². The summed E-state index contributed by atoms with van der Waals surface area (Å²) >= 11 is 9.94. The zero-order valence-corrected chi connectivity index (χ0v) is 25.5. The van der Waals surface area contributed by atoms with Crippen LogP contribution in [-0.4, -0.2) is 101 Å². The molecule has 0 aromatic rings. The zero-order chi connectivity index (χ0) is 32.8. The van der Waals surface area contributed by atoms with Crippen molar-refractivity contribution < 1.29 is 33.4 Å². The van der Waals surface area contributed by atoms with Gasteiger partial charge in [-0.1, -0.05) is 15.3 Å². The molecule has 0 aromatic heterocycles. The molecule has 0 aliphatic rings. The highest BCUT2D eigenvalue weighted by molar-refractivity contribution is 6.64. The largest absolute Gasteiger partial charge is 0.380 e. The SMILES string of the molecule is O=C(Cl)CCCC(=O)Cl.[N-]=[N+]=NCCOCCN.[N-]=[N+]=NCCOCCNC(=O)CCCC(=O)NCCOCCN=[N+]=[N-]. The van der Waals surface area contributed by atoms with Crippen molar-refractivity contribution in [3.8, 4) is 0 Å². The molecule has 0 aromatic carbocycles. The fraction of sp³-hybridized carbons (Fsp3) is 0.818. The van der Waals surface area contributed by atoms with Gasteiger partial charge in [-0.05, 0) is 52.6 Å². The predicted octanol–water partition coefficient (Wildman–Crippen LogP) is 3.00. The van der Waals surface area contributed by atoms with Crippen LogP contribution in [0, 0.1) is 0 Å². The van der Waals surface area contributed by atoms with Crippen LogP contribution in [0.5, 0.6) is 0 Å². The summed E-state index contributed by atoms with van der Waals surface area (Å²) in [5, 5.41) is 14.4. The molecule has 0 saturated heterocycles. The van der Waals surface area contributed by atoms with Crippen LogP contribution in [0.25, 0.3) is 31.3 Å². The van der Waals surface area contributed by atoms with Crippen LogP contribution in [0.1, 0.15) is 38.5 Å². The van der Waals surface area contributed by atoms with Crippen molar-refractivity contribution >= 4 is 45.5 Å². The third-order valence-corrected chi connectivity index (χ3v) is 4.53. The van der Waals surface area contributed by atoms with Gasteiger partial charge in [-0.15, -0.1) is 0 Å².